The highest BCUT2D eigenvalue weighted by atomic mass is 32.1. The van der Waals surface area contributed by atoms with E-state index in [0.29, 0.717) is 17.0 Å². The summed E-state index contributed by atoms with van der Waals surface area (Å²) < 4.78 is 0. The van der Waals surface area contributed by atoms with Gasteiger partial charge in [-0.1, -0.05) is 12.1 Å². The van der Waals surface area contributed by atoms with Gasteiger partial charge in [0.25, 0.3) is 11.8 Å². The van der Waals surface area contributed by atoms with Gasteiger partial charge in [-0.15, -0.1) is 11.3 Å². The number of amides is 2. The molecule has 24 heavy (non-hydrogen) atoms. The number of rotatable bonds is 4. The van der Waals surface area contributed by atoms with Gasteiger partial charge in [0.05, 0.1) is 17.8 Å². The number of likely N-dealkylation sites (tertiary alicyclic amines) is 1. The predicted molar refractivity (Wildman–Crippen MR) is 91.8 cm³/mol. The fourth-order valence-electron chi connectivity index (χ4n) is 3.24. The molecule has 0 N–H and O–H groups in total. The third kappa shape index (κ3) is 2.53. The molecule has 2 aliphatic heterocycles. The molecular formula is C18H17N3O2S. The van der Waals surface area contributed by atoms with E-state index in [9.17, 15) is 9.59 Å². The van der Waals surface area contributed by atoms with Gasteiger partial charge in [0.15, 0.2) is 0 Å². The van der Waals surface area contributed by atoms with E-state index in [-0.39, 0.29) is 18.4 Å². The summed E-state index contributed by atoms with van der Waals surface area (Å²) in [7, 11) is 0. The van der Waals surface area contributed by atoms with E-state index in [1.807, 2.05) is 35.7 Å². The summed E-state index contributed by atoms with van der Waals surface area (Å²) in [5, 5.41) is 1.93. The number of aromatic nitrogens is 1. The van der Waals surface area contributed by atoms with E-state index >= 15 is 0 Å². The summed E-state index contributed by atoms with van der Waals surface area (Å²) in [5.74, 6) is -0.411. The third-order valence-corrected chi connectivity index (χ3v) is 5.27. The van der Waals surface area contributed by atoms with Crippen LogP contribution in [0.25, 0.3) is 5.57 Å². The Bertz CT molecular complexity index is 793. The van der Waals surface area contributed by atoms with E-state index in [1.165, 1.54) is 16.2 Å². The number of nitrogens with zero attached hydrogens (tertiary/aromatic N) is 3. The molecule has 1 saturated heterocycles. The first kappa shape index (κ1) is 15.1. The van der Waals surface area contributed by atoms with Gasteiger partial charge in [0, 0.05) is 24.2 Å². The van der Waals surface area contributed by atoms with Crippen LogP contribution in [-0.2, 0) is 16.1 Å². The van der Waals surface area contributed by atoms with E-state index < -0.39 is 0 Å². The second-order valence-corrected chi connectivity index (χ2v) is 6.86. The Kier molecular flexibility index (Phi) is 3.90. The molecular weight excluding hydrogens is 322 g/mol. The Morgan fingerprint density at radius 3 is 2.54 bits per heavy atom. The first-order valence-corrected chi connectivity index (χ1v) is 8.93. The third-order valence-electron chi connectivity index (χ3n) is 4.38. The van der Waals surface area contributed by atoms with Gasteiger partial charge in [0.1, 0.15) is 5.70 Å². The van der Waals surface area contributed by atoms with Crippen molar-refractivity contribution in [3.8, 4) is 0 Å². The van der Waals surface area contributed by atoms with E-state index in [0.717, 1.165) is 30.8 Å². The van der Waals surface area contributed by atoms with Gasteiger partial charge in [-0.2, -0.15) is 0 Å². The molecule has 6 heteroatoms. The number of thiophene rings is 1. The zero-order valence-corrected chi connectivity index (χ0v) is 14.0. The topological polar surface area (TPSA) is 53.5 Å². The largest absolute Gasteiger partial charge is 0.366 e. The average Bonchev–Trinajstić information content (AvgIpc) is 3.33. The lowest BCUT2D eigenvalue weighted by Crippen LogP contribution is -2.34. The summed E-state index contributed by atoms with van der Waals surface area (Å²) in [6, 6.07) is 9.34. The summed E-state index contributed by atoms with van der Waals surface area (Å²) in [6.07, 6.45) is 3.79. The van der Waals surface area contributed by atoms with Crippen LogP contribution in [0.4, 0.5) is 0 Å². The van der Waals surface area contributed by atoms with Crippen LogP contribution in [0.15, 0.2) is 47.6 Å². The van der Waals surface area contributed by atoms with Crippen LogP contribution in [-0.4, -0.2) is 39.7 Å². The Labute approximate surface area is 144 Å². The molecule has 0 aromatic carbocycles. The van der Waals surface area contributed by atoms with Crippen molar-refractivity contribution in [3.05, 3.63) is 58.2 Å². The minimum Gasteiger partial charge on any atom is -0.366 e. The Morgan fingerprint density at radius 1 is 1.04 bits per heavy atom. The summed E-state index contributed by atoms with van der Waals surface area (Å²) in [4.78, 5) is 34.5. The molecule has 0 bridgehead atoms. The van der Waals surface area contributed by atoms with Crippen LogP contribution >= 0.6 is 11.3 Å². The van der Waals surface area contributed by atoms with Crippen molar-refractivity contribution < 1.29 is 9.59 Å². The lowest BCUT2D eigenvalue weighted by molar-refractivity contribution is -0.138. The molecule has 4 heterocycles. The maximum Gasteiger partial charge on any atom is 0.278 e. The van der Waals surface area contributed by atoms with Gasteiger partial charge in [-0.05, 0) is 36.4 Å². The SMILES string of the molecule is O=C1C(c2cccs2)=C(N2CCCC2)C(=O)N1Cc1ccccn1. The average molecular weight is 339 g/mol. The zero-order chi connectivity index (χ0) is 16.5. The van der Waals surface area contributed by atoms with E-state index in [1.54, 1.807) is 6.20 Å². The lowest BCUT2D eigenvalue weighted by Gasteiger charge is -2.20. The molecule has 4 rings (SSSR count). The van der Waals surface area contributed by atoms with Crippen molar-refractivity contribution in [2.45, 2.75) is 19.4 Å². The van der Waals surface area contributed by atoms with Crippen molar-refractivity contribution in [1.29, 1.82) is 0 Å². The molecule has 1 fully saturated rings. The predicted octanol–water partition coefficient (Wildman–Crippen LogP) is 2.52. The van der Waals surface area contributed by atoms with Gasteiger partial charge in [-0.25, -0.2) is 0 Å². The van der Waals surface area contributed by atoms with Gasteiger partial charge >= 0.3 is 0 Å². The number of hydrogen-bond donors (Lipinski definition) is 0. The number of carbonyl (C=O) groups excluding carboxylic acids is 2. The number of pyridine rings is 1. The van der Waals surface area contributed by atoms with Crippen LogP contribution in [0, 0.1) is 0 Å². The first-order valence-electron chi connectivity index (χ1n) is 8.05. The normalized spacial score (nSPS) is 18.2. The number of imide groups is 1. The molecule has 0 aliphatic carbocycles. The van der Waals surface area contributed by atoms with Crippen molar-refractivity contribution in [2.24, 2.45) is 0 Å². The monoisotopic (exact) mass is 339 g/mol. The molecule has 0 unspecified atom stereocenters. The molecule has 122 valence electrons. The molecule has 0 saturated carbocycles. The highest BCUT2D eigenvalue weighted by molar-refractivity contribution is 7.11. The molecule has 0 radical (unpaired) electrons. The van der Waals surface area contributed by atoms with Crippen LogP contribution < -0.4 is 0 Å². The molecule has 5 nitrogen and oxygen atoms in total. The molecule has 2 aromatic heterocycles. The van der Waals surface area contributed by atoms with Crippen molar-refractivity contribution in [2.75, 3.05) is 13.1 Å². The maximum absolute atomic E-state index is 13.0. The second kappa shape index (κ2) is 6.20. The highest BCUT2D eigenvalue weighted by Gasteiger charge is 2.42. The summed E-state index contributed by atoms with van der Waals surface area (Å²) >= 11 is 1.50. The summed E-state index contributed by atoms with van der Waals surface area (Å²) in [5.41, 5.74) is 1.83. The lowest BCUT2D eigenvalue weighted by atomic mass is 10.2. The fraction of sp³-hybridized carbons (Fsp3) is 0.278. The number of carbonyl (C=O) groups is 2. The van der Waals surface area contributed by atoms with Gasteiger partial charge in [-0.3, -0.25) is 19.5 Å². The van der Waals surface area contributed by atoms with Crippen LogP contribution in [0.2, 0.25) is 0 Å². The van der Waals surface area contributed by atoms with Crippen LogP contribution in [0.5, 0.6) is 0 Å². The van der Waals surface area contributed by atoms with Gasteiger partial charge in [0.2, 0.25) is 0 Å². The molecule has 0 atom stereocenters. The fourth-order valence-corrected chi connectivity index (χ4v) is 4.00. The number of hydrogen-bond acceptors (Lipinski definition) is 5. The van der Waals surface area contributed by atoms with Gasteiger partial charge < -0.3 is 4.90 Å². The summed E-state index contributed by atoms with van der Waals surface area (Å²) in [6.45, 7) is 1.88. The first-order chi connectivity index (χ1) is 11.8. The minimum atomic E-state index is -0.213. The standard InChI is InChI=1S/C18H17N3O2S/c22-17-15(14-7-5-11-24-14)16(20-9-3-4-10-20)18(23)21(17)12-13-6-1-2-8-19-13/h1-2,5-8,11H,3-4,9-10,12H2. The molecule has 2 aromatic rings. The minimum absolute atomic E-state index is 0.198. The molecule has 2 aliphatic rings. The Balaban J connectivity index is 1.72. The van der Waals surface area contributed by atoms with E-state index in [2.05, 4.69) is 9.88 Å². The highest BCUT2D eigenvalue weighted by Crippen LogP contribution is 2.35. The quantitative estimate of drug-likeness (QED) is 0.803. The van der Waals surface area contributed by atoms with Crippen LogP contribution in [0.1, 0.15) is 23.4 Å². The van der Waals surface area contributed by atoms with Crippen LogP contribution in [0.3, 0.4) is 0 Å². The maximum atomic E-state index is 13.0. The Morgan fingerprint density at radius 2 is 1.88 bits per heavy atom. The zero-order valence-electron chi connectivity index (χ0n) is 13.1. The van der Waals surface area contributed by atoms with E-state index in [4.69, 9.17) is 0 Å². The van der Waals surface area contributed by atoms with Crippen molar-refractivity contribution >= 4 is 28.7 Å². The van der Waals surface area contributed by atoms with Crippen molar-refractivity contribution in [1.82, 2.24) is 14.8 Å². The molecule has 2 amide bonds. The molecule has 0 spiro atoms. The smallest absolute Gasteiger partial charge is 0.278 e. The second-order valence-electron chi connectivity index (χ2n) is 5.91. The Hall–Kier alpha value is -2.47. The van der Waals surface area contributed by atoms with Crippen molar-refractivity contribution in [3.63, 3.8) is 0 Å².